The van der Waals surface area contributed by atoms with Crippen molar-refractivity contribution < 1.29 is 4.74 Å². The Labute approximate surface area is 125 Å². The first-order valence-corrected chi connectivity index (χ1v) is 8.54. The average Bonchev–Trinajstić information content (AvgIpc) is 2.67. The molecule has 2 aliphatic rings. The van der Waals surface area contributed by atoms with Gasteiger partial charge >= 0.3 is 0 Å². The van der Waals surface area contributed by atoms with Gasteiger partial charge in [-0.25, -0.2) is 0 Å². The predicted octanol–water partition coefficient (Wildman–Crippen LogP) is 2.89. The van der Waals surface area contributed by atoms with Gasteiger partial charge in [-0.3, -0.25) is 4.90 Å². The van der Waals surface area contributed by atoms with Gasteiger partial charge in [0, 0.05) is 25.8 Å². The topological polar surface area (TPSA) is 38.5 Å². The second-order valence-corrected chi connectivity index (χ2v) is 7.78. The number of nitrogens with two attached hydrogens (primary N) is 1. The molecule has 0 aromatic heterocycles. The van der Waals surface area contributed by atoms with Crippen LogP contribution in [0.2, 0.25) is 0 Å². The molecule has 2 atom stereocenters. The molecule has 0 radical (unpaired) electrons. The molecule has 2 rings (SSSR count). The van der Waals surface area contributed by atoms with E-state index >= 15 is 0 Å². The van der Waals surface area contributed by atoms with Gasteiger partial charge in [-0.05, 0) is 62.4 Å². The van der Waals surface area contributed by atoms with Gasteiger partial charge in [-0.15, -0.1) is 0 Å². The molecule has 0 spiro atoms. The van der Waals surface area contributed by atoms with Crippen molar-refractivity contribution in [3.8, 4) is 0 Å². The van der Waals surface area contributed by atoms with Crippen LogP contribution in [-0.4, -0.2) is 43.8 Å². The molecule has 0 bridgehead atoms. The number of ether oxygens (including phenoxy) is 1. The number of likely N-dealkylation sites (tertiary alicyclic amines) is 1. The van der Waals surface area contributed by atoms with E-state index in [1.165, 1.54) is 45.2 Å². The van der Waals surface area contributed by atoms with Gasteiger partial charge in [-0.2, -0.15) is 0 Å². The van der Waals surface area contributed by atoms with Crippen molar-refractivity contribution in [1.82, 2.24) is 4.90 Å². The van der Waals surface area contributed by atoms with E-state index in [0.717, 1.165) is 31.6 Å². The fraction of sp³-hybridized carbons (Fsp3) is 1.00. The maximum Gasteiger partial charge on any atom is 0.0469 e. The van der Waals surface area contributed by atoms with Crippen LogP contribution in [0.5, 0.6) is 0 Å². The fourth-order valence-electron chi connectivity index (χ4n) is 4.06. The van der Waals surface area contributed by atoms with E-state index in [1.54, 1.807) is 0 Å². The van der Waals surface area contributed by atoms with Gasteiger partial charge < -0.3 is 10.5 Å². The largest absolute Gasteiger partial charge is 0.381 e. The van der Waals surface area contributed by atoms with Crippen LogP contribution in [0.4, 0.5) is 0 Å². The van der Waals surface area contributed by atoms with Crippen LogP contribution < -0.4 is 5.73 Å². The summed E-state index contributed by atoms with van der Waals surface area (Å²) in [6, 6.07) is 0.581. The summed E-state index contributed by atoms with van der Waals surface area (Å²) in [6.07, 6.45) is 6.44. The van der Waals surface area contributed by atoms with Crippen LogP contribution in [0.3, 0.4) is 0 Å². The van der Waals surface area contributed by atoms with Crippen molar-refractivity contribution in [3.63, 3.8) is 0 Å². The molecule has 2 aliphatic heterocycles. The zero-order chi connectivity index (χ0) is 14.6. The first-order valence-electron chi connectivity index (χ1n) is 8.54. The summed E-state index contributed by atoms with van der Waals surface area (Å²) < 4.78 is 5.51. The smallest absolute Gasteiger partial charge is 0.0469 e. The highest BCUT2D eigenvalue weighted by atomic mass is 16.5. The first kappa shape index (κ1) is 16.3. The Kier molecular flexibility index (Phi) is 5.88. The van der Waals surface area contributed by atoms with Gasteiger partial charge in [0.25, 0.3) is 0 Å². The lowest BCUT2D eigenvalue weighted by Crippen LogP contribution is -2.47. The normalized spacial score (nSPS) is 29.1. The lowest BCUT2D eigenvalue weighted by Gasteiger charge is -2.38. The van der Waals surface area contributed by atoms with E-state index in [0.29, 0.717) is 11.5 Å². The molecule has 0 aliphatic carbocycles. The Morgan fingerprint density at radius 3 is 2.40 bits per heavy atom. The zero-order valence-corrected chi connectivity index (χ0v) is 13.7. The Bertz CT molecular complexity index is 281. The highest BCUT2D eigenvalue weighted by Crippen LogP contribution is 2.35. The quantitative estimate of drug-likeness (QED) is 0.865. The highest BCUT2D eigenvalue weighted by molar-refractivity contribution is 4.86. The lowest BCUT2D eigenvalue weighted by atomic mass is 9.77. The van der Waals surface area contributed by atoms with E-state index < -0.39 is 0 Å². The third-order valence-electron chi connectivity index (χ3n) is 5.51. The number of hydrogen-bond donors (Lipinski definition) is 1. The molecular weight excluding hydrogens is 248 g/mol. The Morgan fingerprint density at radius 1 is 1.10 bits per heavy atom. The molecular formula is C17H34N2O. The van der Waals surface area contributed by atoms with Crippen LogP contribution >= 0.6 is 0 Å². The third kappa shape index (κ3) is 4.19. The summed E-state index contributed by atoms with van der Waals surface area (Å²) in [7, 11) is 0. The van der Waals surface area contributed by atoms with E-state index in [4.69, 9.17) is 10.5 Å². The second kappa shape index (κ2) is 7.24. The maximum atomic E-state index is 6.12. The molecule has 20 heavy (non-hydrogen) atoms. The highest BCUT2D eigenvalue weighted by Gasteiger charge is 2.32. The molecule has 0 amide bonds. The van der Waals surface area contributed by atoms with Crippen molar-refractivity contribution >= 4 is 0 Å². The minimum Gasteiger partial charge on any atom is -0.381 e. The second-order valence-electron chi connectivity index (χ2n) is 7.78. The van der Waals surface area contributed by atoms with Gasteiger partial charge in [0.1, 0.15) is 0 Å². The molecule has 2 saturated heterocycles. The van der Waals surface area contributed by atoms with E-state index in [1.807, 2.05) is 0 Å². The monoisotopic (exact) mass is 282 g/mol. The van der Waals surface area contributed by atoms with Gasteiger partial charge in [0.15, 0.2) is 0 Å². The minimum atomic E-state index is 0.451. The van der Waals surface area contributed by atoms with E-state index in [9.17, 15) is 0 Å². The van der Waals surface area contributed by atoms with Gasteiger partial charge in [0.05, 0.1) is 0 Å². The zero-order valence-electron chi connectivity index (χ0n) is 13.7. The maximum absolute atomic E-state index is 6.12. The van der Waals surface area contributed by atoms with Crippen LogP contribution in [0, 0.1) is 17.3 Å². The van der Waals surface area contributed by atoms with Crippen molar-refractivity contribution in [2.75, 3.05) is 32.8 Å². The lowest BCUT2D eigenvalue weighted by molar-refractivity contribution is 0.0277. The SMILES string of the molecule is CC(C)(C)C1CCCN(C(CN)C2CCOCC2)CC1. The predicted molar refractivity (Wildman–Crippen MR) is 84.8 cm³/mol. The first-order chi connectivity index (χ1) is 9.52. The Balaban J connectivity index is 1.93. The Morgan fingerprint density at radius 2 is 1.80 bits per heavy atom. The molecule has 0 saturated carbocycles. The summed E-state index contributed by atoms with van der Waals surface area (Å²) in [4.78, 5) is 2.70. The summed E-state index contributed by atoms with van der Waals surface area (Å²) in [5, 5.41) is 0. The summed E-state index contributed by atoms with van der Waals surface area (Å²) in [5.41, 5.74) is 6.57. The average molecular weight is 282 g/mol. The molecule has 2 fully saturated rings. The molecule has 2 N–H and O–H groups in total. The molecule has 118 valence electrons. The van der Waals surface area contributed by atoms with Crippen molar-refractivity contribution in [1.29, 1.82) is 0 Å². The molecule has 0 aromatic rings. The van der Waals surface area contributed by atoms with Crippen LogP contribution in [0.15, 0.2) is 0 Å². The molecule has 2 heterocycles. The van der Waals surface area contributed by atoms with Crippen molar-refractivity contribution in [2.24, 2.45) is 23.0 Å². The number of rotatable bonds is 3. The van der Waals surface area contributed by atoms with Crippen LogP contribution in [-0.2, 0) is 4.74 Å². The minimum absolute atomic E-state index is 0.451. The molecule has 0 aromatic carbocycles. The molecule has 3 nitrogen and oxygen atoms in total. The van der Waals surface area contributed by atoms with Gasteiger partial charge in [-0.1, -0.05) is 20.8 Å². The van der Waals surface area contributed by atoms with E-state index in [2.05, 4.69) is 25.7 Å². The Hall–Kier alpha value is -0.120. The van der Waals surface area contributed by atoms with Gasteiger partial charge in [0.2, 0.25) is 0 Å². The number of nitrogens with zero attached hydrogens (tertiary/aromatic N) is 1. The standard InChI is InChI=1S/C17H34N2O/c1-17(2,3)15-5-4-9-19(10-6-15)16(13-18)14-7-11-20-12-8-14/h14-16H,4-13,18H2,1-3H3. The van der Waals surface area contributed by atoms with Crippen molar-refractivity contribution in [3.05, 3.63) is 0 Å². The molecule has 3 heteroatoms. The third-order valence-corrected chi connectivity index (χ3v) is 5.51. The van der Waals surface area contributed by atoms with Crippen molar-refractivity contribution in [2.45, 2.75) is 58.9 Å². The summed E-state index contributed by atoms with van der Waals surface area (Å²) in [6.45, 7) is 12.3. The number of hydrogen-bond acceptors (Lipinski definition) is 3. The van der Waals surface area contributed by atoms with E-state index in [-0.39, 0.29) is 0 Å². The summed E-state index contributed by atoms with van der Waals surface area (Å²) in [5.74, 6) is 1.61. The van der Waals surface area contributed by atoms with Crippen LogP contribution in [0.25, 0.3) is 0 Å². The summed E-state index contributed by atoms with van der Waals surface area (Å²) >= 11 is 0. The molecule has 2 unspecified atom stereocenters. The van der Waals surface area contributed by atoms with Crippen LogP contribution in [0.1, 0.15) is 52.9 Å². The fourth-order valence-corrected chi connectivity index (χ4v) is 4.06.